The molecule has 0 fully saturated rings. The normalized spacial score (nSPS) is 12.8. The molecule has 6 nitrogen and oxygen atoms in total. The summed E-state index contributed by atoms with van der Waals surface area (Å²) in [6.45, 7) is 6.46. The molecule has 1 unspecified atom stereocenters. The Balaban J connectivity index is 4.16. The Labute approximate surface area is 438 Å². The van der Waals surface area contributed by atoms with Crippen molar-refractivity contribution < 1.29 is 28.6 Å². The number of hydrogen-bond acceptors (Lipinski definition) is 6. The number of hydrogen-bond donors (Lipinski definition) is 0. The second-order valence-corrected chi connectivity index (χ2v) is 19.5. The Bertz CT molecular complexity index is 1410. The number of rotatable bonds is 53. The zero-order valence-corrected chi connectivity index (χ0v) is 46.5. The molecule has 0 aromatic carbocycles. The summed E-state index contributed by atoms with van der Waals surface area (Å²) in [5.74, 6) is -0.896. The van der Waals surface area contributed by atoms with Gasteiger partial charge in [-0.1, -0.05) is 253 Å². The van der Waals surface area contributed by atoms with Crippen LogP contribution in [0.2, 0.25) is 0 Å². The lowest BCUT2D eigenvalue weighted by atomic mass is 10.1. The lowest BCUT2D eigenvalue weighted by Crippen LogP contribution is -2.30. The van der Waals surface area contributed by atoms with E-state index >= 15 is 0 Å². The van der Waals surface area contributed by atoms with E-state index in [-0.39, 0.29) is 31.1 Å². The molecule has 1 atom stereocenters. The highest BCUT2D eigenvalue weighted by atomic mass is 16.6. The smallest absolute Gasteiger partial charge is 0.306 e. The summed E-state index contributed by atoms with van der Waals surface area (Å²) in [6.07, 6.45) is 78.5. The van der Waals surface area contributed by atoms with Crippen LogP contribution in [0, 0.1) is 0 Å². The van der Waals surface area contributed by atoms with Crippen molar-refractivity contribution in [1.29, 1.82) is 0 Å². The number of esters is 3. The Kier molecular flexibility index (Phi) is 55.9. The zero-order valence-electron chi connectivity index (χ0n) is 46.5. The minimum atomic E-state index is -0.781. The molecule has 0 aromatic rings. The molecule has 0 amide bonds. The van der Waals surface area contributed by atoms with Gasteiger partial charge in [-0.3, -0.25) is 14.4 Å². The predicted molar refractivity (Wildman–Crippen MR) is 307 cm³/mol. The molecular weight excluding hydrogens is 877 g/mol. The van der Waals surface area contributed by atoms with Gasteiger partial charge in [0.2, 0.25) is 0 Å². The molecule has 0 heterocycles. The second-order valence-electron chi connectivity index (χ2n) is 19.5. The van der Waals surface area contributed by atoms with Crippen molar-refractivity contribution >= 4 is 17.9 Å². The van der Waals surface area contributed by atoms with Crippen molar-refractivity contribution in [2.24, 2.45) is 0 Å². The van der Waals surface area contributed by atoms with Crippen LogP contribution >= 0.6 is 0 Å². The van der Waals surface area contributed by atoms with Gasteiger partial charge in [0.1, 0.15) is 13.2 Å². The summed E-state index contributed by atoms with van der Waals surface area (Å²) >= 11 is 0. The number of ether oxygens (including phenoxy) is 3. The van der Waals surface area contributed by atoms with Crippen molar-refractivity contribution in [1.82, 2.24) is 0 Å². The van der Waals surface area contributed by atoms with E-state index in [0.29, 0.717) is 19.3 Å². The van der Waals surface area contributed by atoms with Gasteiger partial charge < -0.3 is 14.2 Å². The fourth-order valence-electron chi connectivity index (χ4n) is 8.12. The second kappa shape index (κ2) is 58.9. The van der Waals surface area contributed by atoms with Crippen molar-refractivity contribution in [2.45, 2.75) is 284 Å². The molecule has 6 heteroatoms. The van der Waals surface area contributed by atoms with Crippen molar-refractivity contribution in [2.75, 3.05) is 13.2 Å². The Morgan fingerprint density at radius 2 is 0.549 bits per heavy atom. The number of carbonyl (C=O) groups excluding carboxylic acids is 3. The van der Waals surface area contributed by atoms with Crippen molar-refractivity contribution in [3.8, 4) is 0 Å². The molecule has 0 bridgehead atoms. The van der Waals surface area contributed by atoms with E-state index in [9.17, 15) is 14.4 Å². The lowest BCUT2D eigenvalue weighted by molar-refractivity contribution is -0.167. The Morgan fingerprint density at radius 3 is 0.887 bits per heavy atom. The SMILES string of the molecule is CC/C=C\C/C=C\C/C=C\C/C=C\C/C=C\C/C=C\CCCCCCCCCCCCC(=O)OCC(COC(=O)CCCCCCCCC)OC(=O)CCCCCCCCC/C=C\C/C=C\CCCCC. The van der Waals surface area contributed by atoms with Crippen molar-refractivity contribution in [3.05, 3.63) is 97.2 Å². The number of carbonyl (C=O) groups is 3. The van der Waals surface area contributed by atoms with Gasteiger partial charge in [0, 0.05) is 19.3 Å². The third-order valence-corrected chi connectivity index (χ3v) is 12.6. The molecule has 0 aliphatic heterocycles. The van der Waals surface area contributed by atoms with Crippen LogP contribution in [0.15, 0.2) is 97.2 Å². The first-order chi connectivity index (χ1) is 35.0. The highest BCUT2D eigenvalue weighted by Crippen LogP contribution is 2.15. The van der Waals surface area contributed by atoms with Crippen molar-refractivity contribution in [3.63, 3.8) is 0 Å². The van der Waals surface area contributed by atoms with Crippen LogP contribution in [0.1, 0.15) is 278 Å². The third-order valence-electron chi connectivity index (χ3n) is 12.6. The molecule has 406 valence electrons. The minimum Gasteiger partial charge on any atom is -0.462 e. The van der Waals surface area contributed by atoms with Gasteiger partial charge >= 0.3 is 17.9 Å². The molecule has 0 spiro atoms. The molecule has 0 saturated heterocycles. The molecule has 0 aliphatic carbocycles. The van der Waals surface area contributed by atoms with Gasteiger partial charge in [-0.05, 0) is 103 Å². The molecule has 0 radical (unpaired) electrons. The quantitative estimate of drug-likeness (QED) is 0.0261. The average molecular weight is 988 g/mol. The summed E-state index contributed by atoms with van der Waals surface area (Å²) in [7, 11) is 0. The van der Waals surface area contributed by atoms with E-state index in [2.05, 4.69) is 118 Å². The van der Waals surface area contributed by atoms with E-state index in [1.807, 2.05) is 0 Å². The Hall–Kier alpha value is -3.67. The largest absolute Gasteiger partial charge is 0.462 e. The standard InChI is InChI=1S/C65H110O6/c1-4-7-10-13-16-18-20-22-24-26-27-28-29-30-31-32-33-34-35-36-37-39-40-42-44-46-49-52-55-58-64(67)70-61-62(60-69-63(66)57-54-51-48-15-12-9-6-3)71-65(68)59-56-53-50-47-45-43-41-38-25-23-21-19-17-14-11-8-5-2/h7,10,16-19,22-25,27-28,30-31,33-34,62H,4-6,8-9,11-15,20-21,26,29,32,35-61H2,1-3H3/b10-7-,18-16-,19-17-,24-22-,25-23-,28-27-,31-30-,34-33-. The topological polar surface area (TPSA) is 78.9 Å². The molecule has 0 N–H and O–H groups in total. The first-order valence-electron chi connectivity index (χ1n) is 29.7. The summed E-state index contributed by atoms with van der Waals surface area (Å²) in [4.78, 5) is 38.0. The molecule has 0 aliphatic rings. The summed E-state index contributed by atoms with van der Waals surface area (Å²) in [5, 5.41) is 0. The van der Waals surface area contributed by atoms with E-state index in [1.54, 1.807) is 0 Å². The fourth-order valence-corrected chi connectivity index (χ4v) is 8.12. The Morgan fingerprint density at radius 1 is 0.296 bits per heavy atom. The minimum absolute atomic E-state index is 0.0806. The summed E-state index contributed by atoms with van der Waals surface area (Å²) < 4.78 is 16.8. The van der Waals surface area contributed by atoms with Gasteiger partial charge in [-0.15, -0.1) is 0 Å². The van der Waals surface area contributed by atoms with E-state index in [0.717, 1.165) is 109 Å². The predicted octanol–water partition coefficient (Wildman–Crippen LogP) is 20.1. The highest BCUT2D eigenvalue weighted by molar-refractivity contribution is 5.71. The van der Waals surface area contributed by atoms with Crippen LogP contribution in [0.4, 0.5) is 0 Å². The maximum absolute atomic E-state index is 12.8. The number of unbranched alkanes of at least 4 members (excludes halogenated alkanes) is 26. The first kappa shape index (κ1) is 67.3. The van der Waals surface area contributed by atoms with Gasteiger partial charge in [0.05, 0.1) is 0 Å². The van der Waals surface area contributed by atoms with E-state index in [1.165, 1.54) is 128 Å². The molecular formula is C65H110O6. The van der Waals surface area contributed by atoms with E-state index < -0.39 is 6.10 Å². The lowest BCUT2D eigenvalue weighted by Gasteiger charge is -2.18. The van der Waals surface area contributed by atoms with Crippen LogP contribution < -0.4 is 0 Å². The summed E-state index contributed by atoms with van der Waals surface area (Å²) in [5.41, 5.74) is 0. The average Bonchev–Trinajstić information content (AvgIpc) is 3.37. The highest BCUT2D eigenvalue weighted by Gasteiger charge is 2.19. The third kappa shape index (κ3) is 57.1. The van der Waals surface area contributed by atoms with Gasteiger partial charge in [0.15, 0.2) is 6.10 Å². The van der Waals surface area contributed by atoms with Crippen LogP contribution in [-0.2, 0) is 28.6 Å². The molecule has 0 rings (SSSR count). The first-order valence-corrected chi connectivity index (χ1v) is 29.7. The fraction of sp³-hybridized carbons (Fsp3) is 0.708. The summed E-state index contributed by atoms with van der Waals surface area (Å²) in [6, 6.07) is 0. The monoisotopic (exact) mass is 987 g/mol. The maximum atomic E-state index is 12.8. The molecule has 71 heavy (non-hydrogen) atoms. The molecule has 0 saturated carbocycles. The van der Waals surface area contributed by atoms with E-state index in [4.69, 9.17) is 14.2 Å². The van der Waals surface area contributed by atoms with Gasteiger partial charge in [-0.2, -0.15) is 0 Å². The van der Waals surface area contributed by atoms with Crippen LogP contribution in [-0.4, -0.2) is 37.2 Å². The number of allylic oxidation sites excluding steroid dienone is 16. The van der Waals surface area contributed by atoms with Crippen LogP contribution in [0.3, 0.4) is 0 Å². The zero-order chi connectivity index (χ0) is 51.4. The van der Waals surface area contributed by atoms with Gasteiger partial charge in [0.25, 0.3) is 0 Å². The van der Waals surface area contributed by atoms with Crippen LogP contribution in [0.25, 0.3) is 0 Å². The van der Waals surface area contributed by atoms with Crippen LogP contribution in [0.5, 0.6) is 0 Å². The van der Waals surface area contributed by atoms with Gasteiger partial charge in [-0.25, -0.2) is 0 Å². The molecule has 0 aromatic heterocycles. The maximum Gasteiger partial charge on any atom is 0.306 e.